The molecule has 1 atom stereocenters. The van der Waals surface area contributed by atoms with Crippen molar-refractivity contribution >= 4 is 21.8 Å². The predicted molar refractivity (Wildman–Crippen MR) is 76.3 cm³/mol. The van der Waals surface area contributed by atoms with Gasteiger partial charge in [-0.05, 0) is 43.5 Å². The summed E-state index contributed by atoms with van der Waals surface area (Å²) in [5.41, 5.74) is 1.20. The molecule has 18 heavy (non-hydrogen) atoms. The van der Waals surface area contributed by atoms with Crippen molar-refractivity contribution in [2.45, 2.75) is 25.3 Å². The molecule has 2 N–H and O–H groups in total. The van der Waals surface area contributed by atoms with Crippen LogP contribution in [0.5, 0.6) is 0 Å². The maximum absolute atomic E-state index is 11.8. The molecule has 0 spiro atoms. The third-order valence-electron chi connectivity index (χ3n) is 3.50. The van der Waals surface area contributed by atoms with Gasteiger partial charge in [0.1, 0.15) is 0 Å². The average Bonchev–Trinajstić information content (AvgIpc) is 2.27. The van der Waals surface area contributed by atoms with Crippen molar-refractivity contribution in [3.8, 4) is 0 Å². The van der Waals surface area contributed by atoms with Gasteiger partial charge in [0.2, 0.25) is 5.91 Å². The van der Waals surface area contributed by atoms with E-state index in [4.69, 9.17) is 0 Å². The number of halogens is 1. The third-order valence-corrected chi connectivity index (χ3v) is 4.03. The Morgan fingerprint density at radius 3 is 2.56 bits per heavy atom. The average molecular weight is 311 g/mol. The van der Waals surface area contributed by atoms with Crippen LogP contribution in [0, 0.1) is 5.92 Å². The molecule has 0 aromatic heterocycles. The summed E-state index contributed by atoms with van der Waals surface area (Å²) in [4.78, 5) is 11.8. The Morgan fingerprint density at radius 1 is 1.39 bits per heavy atom. The van der Waals surface area contributed by atoms with Crippen molar-refractivity contribution in [2.75, 3.05) is 13.6 Å². The molecule has 1 fully saturated rings. The van der Waals surface area contributed by atoms with E-state index in [1.54, 1.807) is 7.05 Å². The molecule has 0 saturated heterocycles. The van der Waals surface area contributed by atoms with Gasteiger partial charge in [0, 0.05) is 4.47 Å². The van der Waals surface area contributed by atoms with Gasteiger partial charge < -0.3 is 10.6 Å². The molecule has 1 aromatic rings. The van der Waals surface area contributed by atoms with Crippen LogP contribution in [0.2, 0.25) is 0 Å². The van der Waals surface area contributed by atoms with Crippen molar-refractivity contribution in [2.24, 2.45) is 5.92 Å². The summed E-state index contributed by atoms with van der Waals surface area (Å²) in [6.07, 6.45) is 3.70. The first kappa shape index (κ1) is 13.6. The summed E-state index contributed by atoms with van der Waals surface area (Å²) < 4.78 is 1.07. The molecule has 0 aliphatic heterocycles. The van der Waals surface area contributed by atoms with E-state index in [0.29, 0.717) is 12.5 Å². The molecule has 1 aliphatic carbocycles. The van der Waals surface area contributed by atoms with E-state index in [9.17, 15) is 4.79 Å². The number of amides is 1. The van der Waals surface area contributed by atoms with E-state index in [1.807, 2.05) is 12.1 Å². The fourth-order valence-corrected chi connectivity index (χ4v) is 2.57. The molecule has 0 heterocycles. The second-order valence-electron chi connectivity index (χ2n) is 4.82. The Morgan fingerprint density at radius 2 is 2.06 bits per heavy atom. The second-order valence-corrected chi connectivity index (χ2v) is 5.73. The first-order valence-corrected chi connectivity index (χ1v) is 7.19. The largest absolute Gasteiger partial charge is 0.348 e. The van der Waals surface area contributed by atoms with Crippen LogP contribution in [0.15, 0.2) is 28.7 Å². The Bertz CT molecular complexity index is 401. The van der Waals surface area contributed by atoms with E-state index in [-0.39, 0.29) is 11.9 Å². The normalized spacial score (nSPS) is 17.0. The zero-order valence-electron chi connectivity index (χ0n) is 10.6. The zero-order chi connectivity index (χ0) is 13.0. The Hall–Kier alpha value is -0.870. The molecule has 1 amide bonds. The smallest absolute Gasteiger partial charge is 0.234 e. The summed E-state index contributed by atoms with van der Waals surface area (Å²) >= 11 is 3.44. The van der Waals surface area contributed by atoms with Crippen molar-refractivity contribution in [3.63, 3.8) is 0 Å². The number of carbonyl (C=O) groups is 1. The van der Waals surface area contributed by atoms with Gasteiger partial charge in [0.05, 0.1) is 12.6 Å². The minimum absolute atomic E-state index is 0.0670. The maximum Gasteiger partial charge on any atom is 0.234 e. The molecule has 1 saturated carbocycles. The second kappa shape index (κ2) is 6.34. The number of carbonyl (C=O) groups excluding carboxylic acids is 1. The van der Waals surface area contributed by atoms with Crippen molar-refractivity contribution in [3.05, 3.63) is 34.3 Å². The Labute approximate surface area is 116 Å². The van der Waals surface area contributed by atoms with Crippen LogP contribution >= 0.6 is 15.9 Å². The minimum Gasteiger partial charge on any atom is -0.348 e. The highest BCUT2D eigenvalue weighted by Crippen LogP contribution is 2.37. The monoisotopic (exact) mass is 310 g/mol. The molecule has 0 radical (unpaired) electrons. The van der Waals surface area contributed by atoms with Gasteiger partial charge >= 0.3 is 0 Å². The fourth-order valence-electron chi connectivity index (χ4n) is 2.30. The summed E-state index contributed by atoms with van der Waals surface area (Å²) in [7, 11) is 1.79. The summed E-state index contributed by atoms with van der Waals surface area (Å²) in [6.45, 7) is 0.375. The summed E-state index contributed by atoms with van der Waals surface area (Å²) in [5, 5.41) is 6.03. The highest BCUT2D eigenvalue weighted by Gasteiger charge is 2.29. The number of hydrogen-bond acceptors (Lipinski definition) is 2. The predicted octanol–water partition coefficient (Wildman–Crippen LogP) is 2.63. The topological polar surface area (TPSA) is 41.1 Å². The lowest BCUT2D eigenvalue weighted by Gasteiger charge is -2.34. The van der Waals surface area contributed by atoms with E-state index in [2.05, 4.69) is 38.7 Å². The van der Waals surface area contributed by atoms with Gasteiger partial charge in [-0.1, -0.05) is 34.5 Å². The van der Waals surface area contributed by atoms with Gasteiger partial charge in [0.25, 0.3) is 0 Å². The van der Waals surface area contributed by atoms with Gasteiger partial charge in [-0.2, -0.15) is 0 Å². The molecular weight excluding hydrogens is 292 g/mol. The number of benzene rings is 1. The number of rotatable bonds is 5. The van der Waals surface area contributed by atoms with Crippen LogP contribution in [0.25, 0.3) is 0 Å². The lowest BCUT2D eigenvalue weighted by molar-refractivity contribution is -0.121. The van der Waals surface area contributed by atoms with Gasteiger partial charge in [-0.25, -0.2) is 0 Å². The lowest BCUT2D eigenvalue weighted by Crippen LogP contribution is -2.40. The Kier molecular flexibility index (Phi) is 4.78. The quantitative estimate of drug-likeness (QED) is 0.878. The van der Waals surface area contributed by atoms with Crippen molar-refractivity contribution < 1.29 is 4.79 Å². The van der Waals surface area contributed by atoms with Crippen molar-refractivity contribution in [1.29, 1.82) is 0 Å². The molecule has 1 aromatic carbocycles. The van der Waals surface area contributed by atoms with E-state index in [1.165, 1.54) is 24.8 Å². The zero-order valence-corrected chi connectivity index (χ0v) is 12.2. The minimum atomic E-state index is 0.0670. The van der Waals surface area contributed by atoms with Gasteiger partial charge in [-0.3, -0.25) is 4.79 Å². The van der Waals surface area contributed by atoms with E-state index in [0.717, 1.165) is 4.47 Å². The van der Waals surface area contributed by atoms with E-state index >= 15 is 0 Å². The molecule has 2 rings (SSSR count). The molecule has 3 nitrogen and oxygen atoms in total. The molecule has 0 unspecified atom stereocenters. The van der Waals surface area contributed by atoms with Crippen molar-refractivity contribution in [1.82, 2.24) is 10.6 Å². The maximum atomic E-state index is 11.8. The van der Waals surface area contributed by atoms with Gasteiger partial charge in [0.15, 0.2) is 0 Å². The molecular formula is C14H19BrN2O. The highest BCUT2D eigenvalue weighted by atomic mass is 79.9. The van der Waals surface area contributed by atoms with E-state index < -0.39 is 0 Å². The number of likely N-dealkylation sites (N-methyl/N-ethyl adjacent to an activating group) is 1. The standard InChI is InChI=1S/C14H19BrN2O/c1-16-9-13(18)17-14(10-3-2-4-10)11-5-7-12(15)8-6-11/h5-8,10,14,16H,2-4,9H2,1H3,(H,17,18)/t14-/m0/s1. The molecule has 4 heteroatoms. The number of nitrogens with one attached hydrogen (secondary N) is 2. The lowest BCUT2D eigenvalue weighted by atomic mass is 9.77. The molecule has 0 bridgehead atoms. The molecule has 1 aliphatic rings. The number of hydrogen-bond donors (Lipinski definition) is 2. The van der Waals surface area contributed by atoms with Crippen LogP contribution < -0.4 is 10.6 Å². The van der Waals surface area contributed by atoms with Crippen LogP contribution in [0.4, 0.5) is 0 Å². The van der Waals surface area contributed by atoms with Crippen LogP contribution in [-0.2, 0) is 4.79 Å². The van der Waals surface area contributed by atoms with Crippen LogP contribution in [-0.4, -0.2) is 19.5 Å². The van der Waals surface area contributed by atoms with Crippen LogP contribution in [0.1, 0.15) is 30.9 Å². The third kappa shape index (κ3) is 3.33. The Balaban J connectivity index is 2.09. The first-order valence-electron chi connectivity index (χ1n) is 6.40. The van der Waals surface area contributed by atoms with Gasteiger partial charge in [-0.15, -0.1) is 0 Å². The summed E-state index contributed by atoms with van der Waals surface area (Å²) in [5.74, 6) is 0.657. The first-order chi connectivity index (χ1) is 8.70. The molecule has 98 valence electrons. The summed E-state index contributed by atoms with van der Waals surface area (Å²) in [6, 6.07) is 8.41. The fraction of sp³-hybridized carbons (Fsp3) is 0.500. The van der Waals surface area contributed by atoms with Crippen LogP contribution in [0.3, 0.4) is 0 Å². The SMILES string of the molecule is CNCC(=O)N[C@H](c1ccc(Br)cc1)C1CCC1. The highest BCUT2D eigenvalue weighted by molar-refractivity contribution is 9.10.